The molecule has 1 aromatic carbocycles. The Morgan fingerprint density at radius 3 is 2.88 bits per heavy atom. The van der Waals surface area contributed by atoms with Crippen molar-refractivity contribution in [1.82, 2.24) is 4.90 Å². The number of aromatic hydroxyl groups is 1. The molecular formula is C21H27NO2. The highest BCUT2D eigenvalue weighted by atomic mass is 16.3. The molecule has 2 bridgehead atoms. The van der Waals surface area contributed by atoms with E-state index in [0.717, 1.165) is 25.9 Å². The van der Waals surface area contributed by atoms with Crippen LogP contribution in [0.3, 0.4) is 0 Å². The first-order chi connectivity index (χ1) is 11.7. The quantitative estimate of drug-likeness (QED) is 0.900. The van der Waals surface area contributed by atoms with Crippen LogP contribution in [0, 0.1) is 5.92 Å². The summed E-state index contributed by atoms with van der Waals surface area (Å²) >= 11 is 0. The summed E-state index contributed by atoms with van der Waals surface area (Å²) < 4.78 is 5.27. The van der Waals surface area contributed by atoms with Gasteiger partial charge in [-0.25, -0.2) is 0 Å². The van der Waals surface area contributed by atoms with Crippen molar-refractivity contribution in [2.75, 3.05) is 6.54 Å². The van der Waals surface area contributed by atoms with Crippen molar-refractivity contribution in [1.29, 1.82) is 0 Å². The van der Waals surface area contributed by atoms with Crippen LogP contribution in [0.15, 0.2) is 41.2 Å². The summed E-state index contributed by atoms with van der Waals surface area (Å²) in [7, 11) is 0. The molecule has 3 atom stereocenters. The number of likely N-dealkylation sites (tertiary alicyclic amines) is 1. The molecule has 2 heterocycles. The normalized spacial score (nSPS) is 29.4. The SMILES string of the molecule is CC[C@H]1[C@H]2Cc3ccc(O)cc3[C@]1(CC)CCN2Cc1ccoc1. The van der Waals surface area contributed by atoms with Gasteiger partial charge in [-0.05, 0) is 61.1 Å². The van der Waals surface area contributed by atoms with Crippen molar-refractivity contribution < 1.29 is 9.52 Å². The van der Waals surface area contributed by atoms with Gasteiger partial charge in [0.2, 0.25) is 0 Å². The fraction of sp³-hybridized carbons (Fsp3) is 0.524. The lowest BCUT2D eigenvalue weighted by Gasteiger charge is -2.57. The molecule has 1 aliphatic heterocycles. The van der Waals surface area contributed by atoms with Crippen LogP contribution >= 0.6 is 0 Å². The van der Waals surface area contributed by atoms with E-state index in [2.05, 4.69) is 30.9 Å². The van der Waals surface area contributed by atoms with Gasteiger partial charge in [-0.3, -0.25) is 4.90 Å². The van der Waals surface area contributed by atoms with Gasteiger partial charge < -0.3 is 9.52 Å². The molecule has 0 unspecified atom stereocenters. The second kappa shape index (κ2) is 5.96. The van der Waals surface area contributed by atoms with Crippen molar-refractivity contribution >= 4 is 0 Å². The maximum Gasteiger partial charge on any atom is 0.115 e. The van der Waals surface area contributed by atoms with E-state index >= 15 is 0 Å². The minimum Gasteiger partial charge on any atom is -0.508 e. The molecule has 1 aliphatic carbocycles. The van der Waals surface area contributed by atoms with Crippen LogP contribution < -0.4 is 0 Å². The highest BCUT2D eigenvalue weighted by Crippen LogP contribution is 2.52. The lowest BCUT2D eigenvalue weighted by atomic mass is 9.55. The molecule has 3 nitrogen and oxygen atoms in total. The number of fused-ring (bicyclic) bond motifs is 4. The van der Waals surface area contributed by atoms with Crippen molar-refractivity contribution in [3.63, 3.8) is 0 Å². The minimum absolute atomic E-state index is 0.221. The highest BCUT2D eigenvalue weighted by Gasteiger charge is 2.51. The zero-order valence-electron chi connectivity index (χ0n) is 14.7. The first kappa shape index (κ1) is 15.8. The number of furan rings is 1. The van der Waals surface area contributed by atoms with E-state index in [1.807, 2.05) is 18.4 Å². The average Bonchev–Trinajstić information content (AvgIpc) is 3.10. The van der Waals surface area contributed by atoms with Crippen LogP contribution in [0.2, 0.25) is 0 Å². The third kappa shape index (κ3) is 2.29. The first-order valence-corrected chi connectivity index (χ1v) is 9.25. The minimum atomic E-state index is 0.221. The standard InChI is InChI=1S/C21H27NO2/c1-3-18-20-11-16-5-6-17(23)12-19(16)21(18,4-2)8-9-22(20)13-15-7-10-24-14-15/h5-7,10,12,14,18,20,23H,3-4,8-9,11,13H2,1-2H3/t18-,20+,21+/m0/s1. The molecule has 4 rings (SSSR count). The van der Waals surface area contributed by atoms with E-state index < -0.39 is 0 Å². The molecular weight excluding hydrogens is 298 g/mol. The average molecular weight is 325 g/mol. The van der Waals surface area contributed by atoms with E-state index in [-0.39, 0.29) is 5.41 Å². The number of benzene rings is 1. The zero-order chi connectivity index (χ0) is 16.7. The number of hydrogen-bond acceptors (Lipinski definition) is 3. The van der Waals surface area contributed by atoms with E-state index in [0.29, 0.717) is 17.7 Å². The van der Waals surface area contributed by atoms with Gasteiger partial charge in [-0.2, -0.15) is 0 Å². The largest absolute Gasteiger partial charge is 0.508 e. The monoisotopic (exact) mass is 325 g/mol. The van der Waals surface area contributed by atoms with Gasteiger partial charge in [0.15, 0.2) is 0 Å². The van der Waals surface area contributed by atoms with Gasteiger partial charge in [0, 0.05) is 23.6 Å². The zero-order valence-corrected chi connectivity index (χ0v) is 14.7. The number of phenolic OH excluding ortho intramolecular Hbond substituents is 1. The van der Waals surface area contributed by atoms with Gasteiger partial charge >= 0.3 is 0 Å². The Kier molecular flexibility index (Phi) is 3.92. The fourth-order valence-corrected chi connectivity index (χ4v) is 5.46. The molecule has 2 aromatic rings. The Morgan fingerprint density at radius 1 is 1.29 bits per heavy atom. The van der Waals surface area contributed by atoms with Crippen molar-refractivity contribution in [3.05, 3.63) is 53.5 Å². The van der Waals surface area contributed by atoms with Crippen molar-refractivity contribution in [2.45, 2.75) is 57.5 Å². The number of rotatable bonds is 4. The first-order valence-electron chi connectivity index (χ1n) is 9.25. The van der Waals surface area contributed by atoms with E-state index in [1.54, 1.807) is 6.26 Å². The maximum absolute atomic E-state index is 10.1. The predicted molar refractivity (Wildman–Crippen MR) is 95.1 cm³/mol. The van der Waals surface area contributed by atoms with E-state index in [4.69, 9.17) is 4.42 Å². The summed E-state index contributed by atoms with van der Waals surface area (Å²) in [5, 5.41) is 10.1. The summed E-state index contributed by atoms with van der Waals surface area (Å²) in [5.74, 6) is 1.06. The Morgan fingerprint density at radius 2 is 2.17 bits per heavy atom. The summed E-state index contributed by atoms with van der Waals surface area (Å²) in [6, 6.07) is 8.71. The molecule has 1 N–H and O–H groups in total. The van der Waals surface area contributed by atoms with Crippen LogP contribution in [0.1, 0.15) is 49.8 Å². The Hall–Kier alpha value is -1.74. The molecule has 128 valence electrons. The Labute approximate surface area is 144 Å². The summed E-state index contributed by atoms with van der Waals surface area (Å²) in [4.78, 5) is 2.66. The van der Waals surface area contributed by atoms with Gasteiger partial charge in [0.1, 0.15) is 5.75 Å². The van der Waals surface area contributed by atoms with Crippen LogP contribution in [-0.2, 0) is 18.4 Å². The number of hydrogen-bond donors (Lipinski definition) is 1. The lowest BCUT2D eigenvalue weighted by Crippen LogP contribution is -2.59. The van der Waals surface area contributed by atoms with Crippen LogP contribution in [0.5, 0.6) is 5.75 Å². The predicted octanol–water partition coefficient (Wildman–Crippen LogP) is 4.49. The third-order valence-electron chi connectivity index (χ3n) is 6.58. The molecule has 0 spiro atoms. The second-order valence-electron chi connectivity index (χ2n) is 7.49. The van der Waals surface area contributed by atoms with Crippen molar-refractivity contribution in [2.24, 2.45) is 5.92 Å². The number of piperidine rings is 1. The number of nitrogens with zero attached hydrogens (tertiary/aromatic N) is 1. The van der Waals surface area contributed by atoms with Crippen LogP contribution in [-0.4, -0.2) is 22.6 Å². The Balaban J connectivity index is 1.74. The van der Waals surface area contributed by atoms with Gasteiger partial charge in [0.25, 0.3) is 0 Å². The molecule has 1 aromatic heterocycles. The van der Waals surface area contributed by atoms with Gasteiger partial charge in [-0.1, -0.05) is 26.3 Å². The van der Waals surface area contributed by atoms with Gasteiger partial charge in [-0.15, -0.1) is 0 Å². The van der Waals surface area contributed by atoms with E-state index in [1.165, 1.54) is 29.5 Å². The molecule has 2 aliphatic rings. The molecule has 0 saturated carbocycles. The smallest absolute Gasteiger partial charge is 0.115 e. The fourth-order valence-electron chi connectivity index (χ4n) is 5.46. The van der Waals surface area contributed by atoms with Gasteiger partial charge in [0.05, 0.1) is 12.5 Å². The summed E-state index contributed by atoms with van der Waals surface area (Å²) in [5.41, 5.74) is 4.33. The van der Waals surface area contributed by atoms with Crippen LogP contribution in [0.4, 0.5) is 0 Å². The molecule has 1 fully saturated rings. The molecule has 0 amide bonds. The second-order valence-corrected chi connectivity index (χ2v) is 7.49. The molecule has 24 heavy (non-hydrogen) atoms. The third-order valence-corrected chi connectivity index (χ3v) is 6.58. The molecule has 3 heteroatoms. The highest BCUT2D eigenvalue weighted by molar-refractivity contribution is 5.44. The lowest BCUT2D eigenvalue weighted by molar-refractivity contribution is 0.00411. The van der Waals surface area contributed by atoms with E-state index in [9.17, 15) is 5.11 Å². The molecule has 1 saturated heterocycles. The molecule has 0 radical (unpaired) electrons. The van der Waals surface area contributed by atoms with Crippen molar-refractivity contribution in [3.8, 4) is 5.75 Å². The summed E-state index contributed by atoms with van der Waals surface area (Å²) in [6.07, 6.45) is 8.25. The topological polar surface area (TPSA) is 36.6 Å². The Bertz CT molecular complexity index is 709. The van der Waals surface area contributed by atoms with Crippen LogP contribution in [0.25, 0.3) is 0 Å². The maximum atomic E-state index is 10.1. The summed E-state index contributed by atoms with van der Waals surface area (Å²) in [6.45, 7) is 6.75. The number of phenols is 1.